The SMILES string of the molecule is Cc1ccc(Cn2nc(-c3nc(-c4ccc(N5CCCC5=O)cc4)no3)cc2C)cc1. The molecule has 2 aromatic heterocycles. The second kappa shape index (κ2) is 7.83. The predicted octanol–water partition coefficient (Wildman–Crippen LogP) is 4.39. The van der Waals surface area contributed by atoms with E-state index in [2.05, 4.69) is 46.4 Å². The van der Waals surface area contributed by atoms with Gasteiger partial charge in [-0.25, -0.2) is 0 Å². The van der Waals surface area contributed by atoms with Crippen molar-refractivity contribution in [1.29, 1.82) is 0 Å². The van der Waals surface area contributed by atoms with E-state index in [0.29, 0.717) is 30.4 Å². The predicted molar refractivity (Wildman–Crippen MR) is 118 cm³/mol. The molecule has 0 spiro atoms. The third kappa shape index (κ3) is 3.86. The van der Waals surface area contributed by atoms with Crippen molar-refractivity contribution in [2.45, 2.75) is 33.2 Å². The first kappa shape index (κ1) is 19.2. The van der Waals surface area contributed by atoms with E-state index in [0.717, 1.165) is 29.9 Å². The van der Waals surface area contributed by atoms with E-state index in [1.165, 1.54) is 11.1 Å². The van der Waals surface area contributed by atoms with Crippen LogP contribution in [0.3, 0.4) is 0 Å². The van der Waals surface area contributed by atoms with Gasteiger partial charge in [0, 0.05) is 29.9 Å². The minimum atomic E-state index is 0.172. The summed E-state index contributed by atoms with van der Waals surface area (Å²) >= 11 is 0. The van der Waals surface area contributed by atoms with E-state index in [1.54, 1.807) is 0 Å². The molecule has 4 aromatic rings. The lowest BCUT2D eigenvalue weighted by molar-refractivity contribution is -0.117. The molecule has 2 aromatic carbocycles. The molecule has 0 aliphatic carbocycles. The molecule has 0 bridgehead atoms. The number of carbonyl (C=O) groups is 1. The number of hydrogen-bond acceptors (Lipinski definition) is 5. The summed E-state index contributed by atoms with van der Waals surface area (Å²) in [7, 11) is 0. The lowest BCUT2D eigenvalue weighted by Crippen LogP contribution is -2.23. The van der Waals surface area contributed by atoms with Crippen molar-refractivity contribution in [3.63, 3.8) is 0 Å². The van der Waals surface area contributed by atoms with E-state index in [-0.39, 0.29) is 5.91 Å². The second-order valence-corrected chi connectivity index (χ2v) is 7.93. The zero-order chi connectivity index (χ0) is 21.4. The van der Waals surface area contributed by atoms with E-state index in [9.17, 15) is 4.79 Å². The summed E-state index contributed by atoms with van der Waals surface area (Å²) in [6.45, 7) is 5.55. The molecular weight excluding hydrogens is 390 g/mol. The minimum absolute atomic E-state index is 0.172. The summed E-state index contributed by atoms with van der Waals surface area (Å²) < 4.78 is 7.42. The van der Waals surface area contributed by atoms with Gasteiger partial charge in [0.1, 0.15) is 0 Å². The molecule has 7 heteroatoms. The molecule has 0 saturated carbocycles. The highest BCUT2D eigenvalue weighted by Gasteiger charge is 2.22. The number of nitrogens with zero attached hydrogens (tertiary/aromatic N) is 5. The fraction of sp³-hybridized carbons (Fsp3) is 0.250. The van der Waals surface area contributed by atoms with Crippen LogP contribution in [0.4, 0.5) is 5.69 Å². The van der Waals surface area contributed by atoms with Crippen LogP contribution in [0, 0.1) is 13.8 Å². The van der Waals surface area contributed by atoms with Crippen molar-refractivity contribution >= 4 is 11.6 Å². The Labute approximate surface area is 180 Å². The maximum absolute atomic E-state index is 11.9. The molecule has 1 aliphatic rings. The second-order valence-electron chi connectivity index (χ2n) is 7.93. The number of aryl methyl sites for hydroxylation is 2. The quantitative estimate of drug-likeness (QED) is 0.485. The fourth-order valence-electron chi connectivity index (χ4n) is 3.80. The smallest absolute Gasteiger partial charge is 0.278 e. The van der Waals surface area contributed by atoms with Gasteiger partial charge in [-0.2, -0.15) is 10.1 Å². The van der Waals surface area contributed by atoms with Crippen LogP contribution < -0.4 is 4.90 Å². The molecule has 1 aliphatic heterocycles. The van der Waals surface area contributed by atoms with Crippen LogP contribution in [-0.2, 0) is 11.3 Å². The Morgan fingerprint density at radius 3 is 2.52 bits per heavy atom. The topological polar surface area (TPSA) is 77.1 Å². The Hall–Kier alpha value is -3.74. The van der Waals surface area contributed by atoms with Crippen molar-refractivity contribution in [3.8, 4) is 23.0 Å². The van der Waals surface area contributed by atoms with Gasteiger partial charge in [0.2, 0.25) is 11.7 Å². The first-order valence-corrected chi connectivity index (χ1v) is 10.4. The highest BCUT2D eigenvalue weighted by Crippen LogP contribution is 2.26. The van der Waals surface area contributed by atoms with Gasteiger partial charge in [-0.15, -0.1) is 0 Å². The zero-order valence-corrected chi connectivity index (χ0v) is 17.6. The molecule has 7 nitrogen and oxygen atoms in total. The third-order valence-corrected chi connectivity index (χ3v) is 5.59. The summed E-state index contributed by atoms with van der Waals surface area (Å²) in [4.78, 5) is 18.3. The highest BCUT2D eigenvalue weighted by atomic mass is 16.5. The number of hydrogen-bond donors (Lipinski definition) is 0. The lowest BCUT2D eigenvalue weighted by atomic mass is 10.1. The zero-order valence-electron chi connectivity index (χ0n) is 17.6. The molecule has 5 rings (SSSR count). The lowest BCUT2D eigenvalue weighted by Gasteiger charge is -2.15. The van der Waals surface area contributed by atoms with Gasteiger partial charge < -0.3 is 9.42 Å². The average Bonchev–Trinajstić information content (AvgIpc) is 3.51. The Kier molecular flexibility index (Phi) is 4.86. The van der Waals surface area contributed by atoms with Crippen LogP contribution >= 0.6 is 0 Å². The molecular formula is C24H23N5O2. The highest BCUT2D eigenvalue weighted by molar-refractivity contribution is 5.95. The van der Waals surface area contributed by atoms with Crippen LogP contribution in [0.2, 0.25) is 0 Å². The summed E-state index contributed by atoms with van der Waals surface area (Å²) in [5.74, 6) is 1.06. The Bertz CT molecular complexity index is 1220. The third-order valence-electron chi connectivity index (χ3n) is 5.59. The Balaban J connectivity index is 1.34. The number of rotatable bonds is 5. The van der Waals surface area contributed by atoms with E-state index >= 15 is 0 Å². The maximum Gasteiger partial charge on any atom is 0.278 e. The summed E-state index contributed by atoms with van der Waals surface area (Å²) in [5.41, 5.74) is 5.84. The summed E-state index contributed by atoms with van der Waals surface area (Å²) in [6, 6.07) is 18.1. The van der Waals surface area contributed by atoms with E-state index in [4.69, 9.17) is 4.52 Å². The number of aromatic nitrogens is 4. The van der Waals surface area contributed by atoms with Gasteiger partial charge in [0.15, 0.2) is 5.69 Å². The molecule has 31 heavy (non-hydrogen) atoms. The Morgan fingerprint density at radius 1 is 1.03 bits per heavy atom. The van der Waals surface area contributed by atoms with Gasteiger partial charge in [-0.1, -0.05) is 35.0 Å². The average molecular weight is 413 g/mol. The van der Waals surface area contributed by atoms with Crippen molar-refractivity contribution in [2.75, 3.05) is 11.4 Å². The molecule has 1 amide bonds. The van der Waals surface area contributed by atoms with Gasteiger partial charge in [0.05, 0.1) is 6.54 Å². The van der Waals surface area contributed by atoms with Crippen LogP contribution in [-0.4, -0.2) is 32.4 Å². The molecule has 1 fully saturated rings. The van der Waals surface area contributed by atoms with E-state index in [1.807, 2.05) is 46.8 Å². The van der Waals surface area contributed by atoms with Crippen LogP contribution in [0.25, 0.3) is 23.0 Å². The maximum atomic E-state index is 11.9. The minimum Gasteiger partial charge on any atom is -0.332 e. The van der Waals surface area contributed by atoms with Gasteiger partial charge in [0.25, 0.3) is 5.89 Å². The molecule has 156 valence electrons. The number of anilines is 1. The summed E-state index contributed by atoms with van der Waals surface area (Å²) in [6.07, 6.45) is 1.52. The van der Waals surface area contributed by atoms with Crippen molar-refractivity contribution in [1.82, 2.24) is 19.9 Å². The molecule has 1 saturated heterocycles. The van der Waals surface area contributed by atoms with Crippen molar-refractivity contribution in [2.24, 2.45) is 0 Å². The monoisotopic (exact) mass is 413 g/mol. The summed E-state index contributed by atoms with van der Waals surface area (Å²) in [5, 5.41) is 8.78. The molecule has 0 radical (unpaired) electrons. The number of amides is 1. The van der Waals surface area contributed by atoms with Gasteiger partial charge in [-0.05, 0) is 56.2 Å². The first-order chi connectivity index (χ1) is 15.1. The van der Waals surface area contributed by atoms with E-state index < -0.39 is 0 Å². The molecule has 3 heterocycles. The fourth-order valence-corrected chi connectivity index (χ4v) is 3.80. The van der Waals surface area contributed by atoms with Crippen LogP contribution in [0.1, 0.15) is 29.7 Å². The van der Waals surface area contributed by atoms with Crippen LogP contribution in [0.15, 0.2) is 59.1 Å². The van der Waals surface area contributed by atoms with Gasteiger partial charge >= 0.3 is 0 Å². The van der Waals surface area contributed by atoms with Crippen molar-refractivity contribution < 1.29 is 9.32 Å². The van der Waals surface area contributed by atoms with Gasteiger partial charge in [-0.3, -0.25) is 9.48 Å². The largest absolute Gasteiger partial charge is 0.332 e. The number of carbonyl (C=O) groups excluding carboxylic acids is 1. The first-order valence-electron chi connectivity index (χ1n) is 10.4. The van der Waals surface area contributed by atoms with Crippen molar-refractivity contribution in [3.05, 3.63) is 71.4 Å². The molecule has 0 atom stereocenters. The van der Waals surface area contributed by atoms with Crippen LogP contribution in [0.5, 0.6) is 0 Å². The standard InChI is InChI=1S/C24H23N5O2/c1-16-5-7-18(8-6-16)15-29-17(2)14-21(26-29)24-25-23(27-31-24)19-9-11-20(12-10-19)28-13-3-4-22(28)30/h5-12,14H,3-4,13,15H2,1-2H3. The normalized spacial score (nSPS) is 13.9. The Morgan fingerprint density at radius 2 is 1.81 bits per heavy atom. The number of benzene rings is 2. The molecule has 0 unspecified atom stereocenters. The molecule has 0 N–H and O–H groups in total.